The standard InChI is InChI=1S/C42H34Cl2F2N14O20S6/c1-3-13-59(57-41-53-37(45)51-39(55-41)49-21-15-17(81(61,62)63)5-11-25(21)83(67,68)69)23-9-7-19-31(35(23)85(73,74)75)79-33-27(43)30-34(28(44)29(33)47-19)80-32-20(48-30)8-10-24(36(32)86(76,77)78)60(14-4-2)58-42-54-38(46)52-40(56-42)50-22-16-18(82(64,65)66)6-12-26(22)84(70,71)72/h5-12,15-16H,3-4,13-14H2,1-2H3,(H,61,62,63)(H,64,65,66)(H,67,68,69)(H,70,71,72)(H,73,74,75)(H,76,77,78)(H2,49,51,53,55,57)(H2,50,52,54,56,58). The van der Waals surface area contributed by atoms with Gasteiger partial charge in [-0.2, -0.15) is 89.2 Å². The Hall–Kier alpha value is -7.98. The van der Waals surface area contributed by atoms with Crippen molar-refractivity contribution in [2.75, 3.05) is 44.6 Å². The summed E-state index contributed by atoms with van der Waals surface area (Å²) in [6.45, 7) is 2.75. The van der Waals surface area contributed by atoms with Gasteiger partial charge in [0.1, 0.15) is 41.9 Å². The fourth-order valence-corrected chi connectivity index (χ4v) is 12.6. The topological polar surface area (TPSA) is 501 Å². The van der Waals surface area contributed by atoms with Crippen LogP contribution in [0.5, 0.6) is 23.0 Å². The number of nitrogens with zero attached hydrogens (tertiary/aromatic N) is 10. The highest BCUT2D eigenvalue weighted by Crippen LogP contribution is 2.50. The minimum absolute atomic E-state index is 0.149. The zero-order valence-corrected chi connectivity index (χ0v) is 48.8. The Morgan fingerprint density at radius 3 is 1.13 bits per heavy atom. The maximum atomic E-state index is 15.1. The summed E-state index contributed by atoms with van der Waals surface area (Å²) in [4.78, 5) is 24.7. The first-order chi connectivity index (χ1) is 39.9. The van der Waals surface area contributed by atoms with Crippen LogP contribution in [-0.4, -0.2) is 121 Å². The van der Waals surface area contributed by atoms with Crippen LogP contribution in [0, 0.1) is 12.2 Å². The van der Waals surface area contributed by atoms with E-state index < -0.39 is 193 Å². The number of halogens is 4. The van der Waals surface area contributed by atoms with Gasteiger partial charge < -0.3 is 20.1 Å². The predicted octanol–water partition coefficient (Wildman–Crippen LogP) is 5.21. The van der Waals surface area contributed by atoms with Crippen molar-refractivity contribution in [1.29, 1.82) is 0 Å². The highest BCUT2D eigenvalue weighted by Gasteiger charge is 2.37. The van der Waals surface area contributed by atoms with Crippen molar-refractivity contribution in [3.63, 3.8) is 0 Å². The lowest BCUT2D eigenvalue weighted by Crippen LogP contribution is -2.33. The molecule has 456 valence electrons. The molecular weight excluding hydrogens is 1320 g/mol. The lowest BCUT2D eigenvalue weighted by atomic mass is 10.2. The molecule has 2 aliphatic heterocycles. The molecule has 44 heteroatoms. The normalized spacial score (nSPS) is 13.1. The second kappa shape index (κ2) is 22.7. The van der Waals surface area contributed by atoms with Crippen LogP contribution in [0.2, 0.25) is 10.0 Å². The molecule has 2 aromatic heterocycles. The van der Waals surface area contributed by atoms with Gasteiger partial charge in [0.2, 0.25) is 23.8 Å². The molecule has 5 aromatic carbocycles. The van der Waals surface area contributed by atoms with Gasteiger partial charge in [-0.1, -0.05) is 37.0 Å². The van der Waals surface area contributed by atoms with E-state index in [4.69, 9.17) is 32.7 Å². The zero-order valence-electron chi connectivity index (χ0n) is 42.4. The number of hydrogen-bond donors (Lipinski definition) is 10. The number of anilines is 8. The summed E-state index contributed by atoms with van der Waals surface area (Å²) in [7, 11) is -31.1. The van der Waals surface area contributed by atoms with E-state index in [9.17, 15) is 77.8 Å². The van der Waals surface area contributed by atoms with Gasteiger partial charge in [-0.05, 0) is 73.5 Å². The number of nitrogens with one attached hydrogen (secondary N) is 4. The molecule has 7 aromatic rings. The van der Waals surface area contributed by atoms with Crippen molar-refractivity contribution >= 4 is 142 Å². The van der Waals surface area contributed by atoms with Gasteiger partial charge in [0.05, 0.1) is 32.5 Å². The molecule has 0 aliphatic carbocycles. The largest absolute Gasteiger partial charge is 0.450 e. The summed E-state index contributed by atoms with van der Waals surface area (Å²) in [5.41, 5.74) is 1.82. The van der Waals surface area contributed by atoms with Crippen molar-refractivity contribution in [3.8, 4) is 23.0 Å². The number of hydrazine groups is 2. The molecule has 0 amide bonds. The highest BCUT2D eigenvalue weighted by atomic mass is 35.5. The van der Waals surface area contributed by atoms with E-state index in [0.29, 0.717) is 36.4 Å². The molecule has 0 radical (unpaired) electrons. The number of rotatable bonds is 20. The van der Waals surface area contributed by atoms with Crippen LogP contribution in [0.1, 0.15) is 26.7 Å². The summed E-state index contributed by atoms with van der Waals surface area (Å²) in [6, 6.07) is 7.96. The van der Waals surface area contributed by atoms with Gasteiger partial charge in [0, 0.05) is 13.1 Å². The second-order valence-electron chi connectivity index (χ2n) is 17.4. The van der Waals surface area contributed by atoms with Crippen molar-refractivity contribution in [2.45, 2.75) is 56.1 Å². The Morgan fingerprint density at radius 2 is 0.814 bits per heavy atom. The van der Waals surface area contributed by atoms with Crippen LogP contribution in [-0.2, 0) is 60.7 Å². The monoisotopic (exact) mass is 1350 g/mol. The molecule has 0 bridgehead atoms. The lowest BCUT2D eigenvalue weighted by molar-refractivity contribution is 0.428. The zero-order chi connectivity index (χ0) is 63.0. The molecule has 0 saturated carbocycles. The Bertz CT molecular complexity index is 4610. The number of fused-ring (bicyclic) bond motifs is 4. The smallest absolute Gasteiger partial charge is 0.315 e. The summed E-state index contributed by atoms with van der Waals surface area (Å²) in [6.07, 6.45) is -2.85. The first-order valence-corrected chi connectivity index (χ1v) is 32.6. The van der Waals surface area contributed by atoms with Crippen LogP contribution in [0.25, 0.3) is 0 Å². The number of ether oxygens (including phenoxy) is 2. The molecule has 0 atom stereocenters. The van der Waals surface area contributed by atoms with E-state index in [1.165, 1.54) is 0 Å². The molecule has 0 saturated heterocycles. The number of benzene rings is 5. The lowest BCUT2D eigenvalue weighted by Gasteiger charge is -2.29. The SMILES string of the molecule is CCCN(Nc1nc(F)nc(Nc2cc(S(=O)(=O)O)ccc2S(=O)(=O)O)n1)c1ccc2c(c1S(=O)(=O)O)Oc1c(Cl)c3c(c(Cl)c1=N2)Oc1c(ccc(N(CCC)Nc2nc(F)nc(Nc4cc(S(=O)(=O)O)ccc4S(=O)(=O)O)n2)c1S(=O)(=O)O)N=3. The third kappa shape index (κ3) is 12.9. The van der Waals surface area contributed by atoms with Gasteiger partial charge >= 0.3 is 32.4 Å². The van der Waals surface area contributed by atoms with Crippen LogP contribution in [0.15, 0.2) is 100 Å². The first kappa shape index (κ1) is 62.5. The third-order valence-corrected chi connectivity index (χ3v) is 17.5. The van der Waals surface area contributed by atoms with Crippen LogP contribution in [0.3, 0.4) is 0 Å². The average Bonchev–Trinajstić information content (AvgIpc) is 0.746. The Labute approximate surface area is 492 Å². The van der Waals surface area contributed by atoms with E-state index in [-0.39, 0.29) is 37.3 Å². The van der Waals surface area contributed by atoms with Crippen molar-refractivity contribution < 1.29 is 96.1 Å². The fraction of sp³-hybridized carbons (Fsp3) is 0.143. The first-order valence-electron chi connectivity index (χ1n) is 23.2. The van der Waals surface area contributed by atoms with Crippen LogP contribution < -0.4 is 51.7 Å². The van der Waals surface area contributed by atoms with Crippen molar-refractivity contribution in [1.82, 2.24) is 29.9 Å². The van der Waals surface area contributed by atoms with Gasteiger partial charge in [0.25, 0.3) is 40.5 Å². The second-order valence-corrected chi connectivity index (χ2v) is 26.5. The van der Waals surface area contributed by atoms with Gasteiger partial charge in [-0.25, -0.2) is 9.98 Å². The quantitative estimate of drug-likeness (QED) is 0.0346. The fourth-order valence-electron chi connectivity index (χ4n) is 8.13. The minimum atomic E-state index is -5.45. The van der Waals surface area contributed by atoms with Crippen LogP contribution >= 0.6 is 23.2 Å². The summed E-state index contributed by atoms with van der Waals surface area (Å²) < 4.78 is 252. The summed E-state index contributed by atoms with van der Waals surface area (Å²) in [5, 5.41) is 4.48. The maximum absolute atomic E-state index is 15.1. The van der Waals surface area contributed by atoms with Crippen molar-refractivity contribution in [2.24, 2.45) is 9.98 Å². The predicted molar refractivity (Wildman–Crippen MR) is 292 cm³/mol. The van der Waals surface area contributed by atoms with Gasteiger partial charge in [-0.3, -0.25) is 48.2 Å². The third-order valence-electron chi connectivity index (χ3n) is 11.5. The van der Waals surface area contributed by atoms with E-state index in [1.807, 2.05) is 0 Å². The molecule has 10 N–H and O–H groups in total. The molecule has 0 fully saturated rings. The van der Waals surface area contributed by atoms with Crippen molar-refractivity contribution in [3.05, 3.63) is 93.6 Å². The summed E-state index contributed by atoms with van der Waals surface area (Å²) in [5.74, 6) is -5.69. The van der Waals surface area contributed by atoms with E-state index in [1.54, 1.807) is 13.8 Å². The number of aromatic nitrogens is 6. The molecule has 0 unspecified atom stereocenters. The van der Waals surface area contributed by atoms with Gasteiger partial charge in [0.15, 0.2) is 32.8 Å². The Morgan fingerprint density at radius 1 is 0.465 bits per heavy atom. The molecule has 4 heterocycles. The average molecular weight is 1360 g/mol. The van der Waals surface area contributed by atoms with Gasteiger partial charge in [-0.15, -0.1) is 0 Å². The number of hydrogen-bond acceptors (Lipinski definition) is 28. The minimum Gasteiger partial charge on any atom is -0.450 e. The molecular formula is C42H34Cl2F2N14O20S6. The summed E-state index contributed by atoms with van der Waals surface area (Å²) >= 11 is 13.8. The molecule has 86 heavy (non-hydrogen) atoms. The molecule has 2 aliphatic rings. The molecule has 34 nitrogen and oxygen atoms in total. The van der Waals surface area contributed by atoms with E-state index in [0.717, 1.165) is 34.3 Å². The maximum Gasteiger partial charge on any atom is 0.315 e. The Kier molecular flexibility index (Phi) is 16.5. The Balaban J connectivity index is 1.07. The molecule has 9 rings (SSSR count). The van der Waals surface area contributed by atoms with E-state index >= 15 is 8.78 Å². The molecule has 0 spiro atoms. The van der Waals surface area contributed by atoms with Crippen LogP contribution in [0.4, 0.5) is 66.7 Å². The van der Waals surface area contributed by atoms with E-state index in [2.05, 4.69) is 61.4 Å². The highest BCUT2D eigenvalue weighted by molar-refractivity contribution is 7.87.